The van der Waals surface area contributed by atoms with Crippen LogP contribution in [0.25, 0.3) is 0 Å². The molecule has 0 bridgehead atoms. The third-order valence-electron chi connectivity index (χ3n) is 3.34. The maximum atomic E-state index is 14.1. The summed E-state index contributed by atoms with van der Waals surface area (Å²) >= 11 is 0. The lowest BCUT2D eigenvalue weighted by molar-refractivity contribution is 0.0362. The van der Waals surface area contributed by atoms with Gasteiger partial charge in [0.15, 0.2) is 11.6 Å². The largest absolute Gasteiger partial charge is 0.494 e. The standard InChI is InChI=1S/C15H23FO3/c1-11(2)7-15(9-17,10-18)8-12-5-4-6-13(19-3)14(12)16/h4-6,11,17-18H,7-10H2,1-3H3. The first-order chi connectivity index (χ1) is 8.98. The summed E-state index contributed by atoms with van der Waals surface area (Å²) in [6.07, 6.45) is 0.928. The number of methoxy groups -OCH3 is 1. The van der Waals surface area contributed by atoms with E-state index < -0.39 is 11.2 Å². The molecule has 4 heteroatoms. The Morgan fingerprint density at radius 3 is 2.37 bits per heavy atom. The molecule has 0 fully saturated rings. The predicted molar refractivity (Wildman–Crippen MR) is 72.7 cm³/mol. The summed E-state index contributed by atoms with van der Waals surface area (Å²) in [5.41, 5.74) is -0.232. The molecule has 0 aliphatic rings. The molecule has 0 heterocycles. The first-order valence-electron chi connectivity index (χ1n) is 6.51. The minimum absolute atomic E-state index is 0.168. The highest BCUT2D eigenvalue weighted by molar-refractivity contribution is 5.31. The van der Waals surface area contributed by atoms with E-state index in [2.05, 4.69) is 0 Å². The zero-order chi connectivity index (χ0) is 14.5. The van der Waals surface area contributed by atoms with E-state index in [9.17, 15) is 14.6 Å². The number of rotatable bonds is 7. The van der Waals surface area contributed by atoms with Crippen molar-refractivity contribution in [3.8, 4) is 5.75 Å². The molecule has 1 aromatic carbocycles. The molecule has 2 N–H and O–H groups in total. The van der Waals surface area contributed by atoms with Gasteiger partial charge in [0.05, 0.1) is 20.3 Å². The summed E-state index contributed by atoms with van der Waals surface area (Å²) in [5.74, 6) is 0.0832. The van der Waals surface area contributed by atoms with Gasteiger partial charge in [0.1, 0.15) is 0 Å². The Bertz CT molecular complexity index is 400. The van der Waals surface area contributed by atoms with Crippen molar-refractivity contribution in [2.24, 2.45) is 11.3 Å². The molecule has 19 heavy (non-hydrogen) atoms. The molecule has 1 aromatic rings. The fraction of sp³-hybridized carbons (Fsp3) is 0.600. The summed E-state index contributed by atoms with van der Waals surface area (Å²) in [6, 6.07) is 4.94. The Kier molecular flexibility index (Phi) is 5.76. The Morgan fingerprint density at radius 2 is 1.89 bits per heavy atom. The van der Waals surface area contributed by atoms with Crippen molar-refractivity contribution in [2.75, 3.05) is 20.3 Å². The van der Waals surface area contributed by atoms with Gasteiger partial charge in [0.25, 0.3) is 0 Å². The van der Waals surface area contributed by atoms with Gasteiger partial charge in [-0.3, -0.25) is 0 Å². The number of halogens is 1. The van der Waals surface area contributed by atoms with Gasteiger partial charge in [-0.05, 0) is 30.4 Å². The van der Waals surface area contributed by atoms with Gasteiger partial charge in [-0.2, -0.15) is 0 Å². The maximum absolute atomic E-state index is 14.1. The maximum Gasteiger partial charge on any atom is 0.168 e. The zero-order valence-corrected chi connectivity index (χ0v) is 11.8. The van der Waals surface area contributed by atoms with Gasteiger partial charge < -0.3 is 14.9 Å². The van der Waals surface area contributed by atoms with Gasteiger partial charge in [-0.25, -0.2) is 4.39 Å². The van der Waals surface area contributed by atoms with Crippen LogP contribution < -0.4 is 4.74 Å². The van der Waals surface area contributed by atoms with Crippen molar-refractivity contribution in [3.63, 3.8) is 0 Å². The smallest absolute Gasteiger partial charge is 0.168 e. The first kappa shape index (κ1) is 15.9. The molecule has 1 rings (SSSR count). The molecule has 0 atom stereocenters. The fourth-order valence-corrected chi connectivity index (χ4v) is 2.48. The average Bonchev–Trinajstić information content (AvgIpc) is 2.39. The van der Waals surface area contributed by atoms with Gasteiger partial charge in [-0.15, -0.1) is 0 Å². The molecule has 0 saturated carbocycles. The molecule has 3 nitrogen and oxygen atoms in total. The molecular weight excluding hydrogens is 247 g/mol. The molecule has 108 valence electrons. The second-order valence-corrected chi connectivity index (χ2v) is 5.52. The molecule has 0 aliphatic heterocycles. The Balaban J connectivity index is 3.03. The van der Waals surface area contributed by atoms with Crippen LogP contribution in [0.5, 0.6) is 5.75 Å². The van der Waals surface area contributed by atoms with Gasteiger partial charge >= 0.3 is 0 Å². The molecular formula is C15H23FO3. The van der Waals surface area contributed by atoms with Crippen molar-refractivity contribution in [3.05, 3.63) is 29.6 Å². The molecule has 0 aliphatic carbocycles. The van der Waals surface area contributed by atoms with Gasteiger partial charge in [0, 0.05) is 5.41 Å². The lowest BCUT2D eigenvalue weighted by atomic mass is 9.76. The number of aliphatic hydroxyl groups excluding tert-OH is 2. The lowest BCUT2D eigenvalue weighted by Gasteiger charge is -2.32. The van der Waals surface area contributed by atoms with Crippen LogP contribution in [0, 0.1) is 17.2 Å². The van der Waals surface area contributed by atoms with E-state index >= 15 is 0 Å². The lowest BCUT2D eigenvalue weighted by Crippen LogP contribution is -2.34. The van der Waals surface area contributed by atoms with E-state index in [0.29, 0.717) is 24.3 Å². The minimum Gasteiger partial charge on any atom is -0.494 e. The second kappa shape index (κ2) is 6.87. The van der Waals surface area contributed by atoms with E-state index in [1.807, 2.05) is 13.8 Å². The number of aliphatic hydroxyl groups is 2. The van der Waals surface area contributed by atoms with E-state index in [1.54, 1.807) is 18.2 Å². The van der Waals surface area contributed by atoms with Crippen molar-refractivity contribution in [1.82, 2.24) is 0 Å². The van der Waals surface area contributed by atoms with Crippen molar-refractivity contribution >= 4 is 0 Å². The van der Waals surface area contributed by atoms with Gasteiger partial charge in [-0.1, -0.05) is 26.0 Å². The second-order valence-electron chi connectivity index (χ2n) is 5.52. The van der Waals surface area contributed by atoms with Crippen LogP contribution in [0.15, 0.2) is 18.2 Å². The zero-order valence-electron chi connectivity index (χ0n) is 11.8. The van der Waals surface area contributed by atoms with Crippen LogP contribution in [0.2, 0.25) is 0 Å². The Morgan fingerprint density at radius 1 is 1.26 bits per heavy atom. The van der Waals surface area contributed by atoms with E-state index in [-0.39, 0.29) is 19.0 Å². The topological polar surface area (TPSA) is 49.7 Å². The monoisotopic (exact) mass is 270 g/mol. The van der Waals surface area contributed by atoms with Crippen LogP contribution in [0.1, 0.15) is 25.8 Å². The minimum atomic E-state index is -0.693. The third-order valence-corrected chi connectivity index (χ3v) is 3.34. The molecule has 0 spiro atoms. The summed E-state index contributed by atoms with van der Waals surface area (Å²) in [5, 5.41) is 19.2. The van der Waals surface area contributed by atoms with E-state index in [1.165, 1.54) is 7.11 Å². The van der Waals surface area contributed by atoms with Gasteiger partial charge in [0.2, 0.25) is 0 Å². The summed E-state index contributed by atoms with van der Waals surface area (Å²) in [4.78, 5) is 0. The highest BCUT2D eigenvalue weighted by Crippen LogP contribution is 2.32. The van der Waals surface area contributed by atoms with E-state index in [0.717, 1.165) is 0 Å². The van der Waals surface area contributed by atoms with Crippen LogP contribution in [0.3, 0.4) is 0 Å². The fourth-order valence-electron chi connectivity index (χ4n) is 2.48. The van der Waals surface area contributed by atoms with Crippen LogP contribution in [0.4, 0.5) is 4.39 Å². The summed E-state index contributed by atoms with van der Waals surface area (Å²) < 4.78 is 19.1. The van der Waals surface area contributed by atoms with Crippen molar-refractivity contribution < 1.29 is 19.3 Å². The summed E-state index contributed by atoms with van der Waals surface area (Å²) in [6.45, 7) is 3.70. The average molecular weight is 270 g/mol. The highest BCUT2D eigenvalue weighted by Gasteiger charge is 2.31. The first-order valence-corrected chi connectivity index (χ1v) is 6.51. The van der Waals surface area contributed by atoms with E-state index in [4.69, 9.17) is 4.74 Å². The van der Waals surface area contributed by atoms with Crippen LogP contribution in [-0.4, -0.2) is 30.5 Å². The summed E-state index contributed by atoms with van der Waals surface area (Å²) in [7, 11) is 1.42. The molecule has 0 aromatic heterocycles. The highest BCUT2D eigenvalue weighted by atomic mass is 19.1. The molecule has 0 saturated heterocycles. The van der Waals surface area contributed by atoms with Crippen LogP contribution in [-0.2, 0) is 6.42 Å². The SMILES string of the molecule is COc1cccc(CC(CO)(CO)CC(C)C)c1F. The number of hydrogen-bond acceptors (Lipinski definition) is 3. The Hall–Kier alpha value is -1.13. The number of benzene rings is 1. The predicted octanol–water partition coefficient (Wildman–Crippen LogP) is 2.39. The molecule has 0 amide bonds. The molecule has 0 radical (unpaired) electrons. The van der Waals surface area contributed by atoms with Crippen molar-refractivity contribution in [2.45, 2.75) is 26.7 Å². The molecule has 0 unspecified atom stereocenters. The van der Waals surface area contributed by atoms with Crippen LogP contribution >= 0.6 is 0 Å². The Labute approximate surface area is 114 Å². The van der Waals surface area contributed by atoms with Crippen molar-refractivity contribution in [1.29, 1.82) is 0 Å². The normalized spacial score (nSPS) is 11.9. The number of ether oxygens (including phenoxy) is 1. The third kappa shape index (κ3) is 3.91. The number of hydrogen-bond donors (Lipinski definition) is 2. The quantitative estimate of drug-likeness (QED) is 0.800.